The van der Waals surface area contributed by atoms with Crippen molar-refractivity contribution in [3.05, 3.63) is 70.0 Å². The summed E-state index contributed by atoms with van der Waals surface area (Å²) >= 11 is 5.81. The molecule has 2 fully saturated rings. The van der Waals surface area contributed by atoms with Gasteiger partial charge in [0.1, 0.15) is 5.82 Å². The Morgan fingerprint density at radius 2 is 1.19 bits per heavy atom. The largest absolute Gasteiger partial charge is 0.205 e. The maximum Gasteiger partial charge on any atom is 0.142 e. The summed E-state index contributed by atoms with van der Waals surface area (Å²) < 4.78 is 13.7. The van der Waals surface area contributed by atoms with Crippen molar-refractivity contribution < 1.29 is 4.39 Å². The third kappa shape index (κ3) is 9.42. The van der Waals surface area contributed by atoms with Crippen molar-refractivity contribution >= 4 is 11.6 Å². The van der Waals surface area contributed by atoms with Crippen molar-refractivity contribution in [3.8, 4) is 0 Å². The minimum Gasteiger partial charge on any atom is -0.205 e. The molecule has 0 atom stereocenters. The molecule has 2 aromatic carbocycles. The van der Waals surface area contributed by atoms with Crippen LogP contribution in [-0.2, 0) is 12.8 Å². The predicted octanol–water partition coefficient (Wildman–Crippen LogP) is 11.5. The Kier molecular flexibility index (Phi) is 11.9. The van der Waals surface area contributed by atoms with Gasteiger partial charge in [0.05, 0.1) is 5.02 Å². The molecule has 2 heteroatoms. The predicted molar refractivity (Wildman–Crippen MR) is 158 cm³/mol. The molecule has 0 nitrogen and oxygen atoms in total. The molecule has 0 aromatic heterocycles. The SMILES string of the molecule is CCCCCCC[C@H]1CC[C@H](CCC2CCC(c3ccc(CCc4ccc(Cl)c(F)c4)cc3)CC2)CC1. The zero-order valence-electron chi connectivity index (χ0n) is 23.3. The van der Waals surface area contributed by atoms with E-state index in [9.17, 15) is 4.39 Å². The Labute approximate surface area is 231 Å². The highest BCUT2D eigenvalue weighted by atomic mass is 35.5. The molecule has 0 amide bonds. The minimum atomic E-state index is -0.319. The molecule has 0 spiro atoms. The summed E-state index contributed by atoms with van der Waals surface area (Å²) in [5.41, 5.74) is 3.86. The molecule has 2 aliphatic carbocycles. The summed E-state index contributed by atoms with van der Waals surface area (Å²) in [6, 6.07) is 14.4. The molecule has 4 rings (SSSR count). The van der Waals surface area contributed by atoms with Crippen molar-refractivity contribution in [1.82, 2.24) is 0 Å². The fourth-order valence-electron chi connectivity index (χ4n) is 7.04. The molecule has 2 aliphatic rings. The van der Waals surface area contributed by atoms with E-state index in [-0.39, 0.29) is 10.8 Å². The fraction of sp³-hybridized carbons (Fsp3) is 0.657. The van der Waals surface area contributed by atoms with Crippen LogP contribution >= 0.6 is 11.6 Å². The lowest BCUT2D eigenvalue weighted by Gasteiger charge is -2.32. The number of benzene rings is 2. The second-order valence-corrected chi connectivity index (χ2v) is 12.8. The summed E-state index contributed by atoms with van der Waals surface area (Å²) in [5.74, 6) is 3.45. The van der Waals surface area contributed by atoms with E-state index in [2.05, 4.69) is 31.2 Å². The van der Waals surface area contributed by atoms with E-state index in [1.54, 1.807) is 12.1 Å². The van der Waals surface area contributed by atoms with Crippen LogP contribution in [0.4, 0.5) is 4.39 Å². The molecule has 0 unspecified atom stereocenters. The molecule has 0 saturated heterocycles. The van der Waals surface area contributed by atoms with E-state index in [1.165, 1.54) is 114 Å². The highest BCUT2D eigenvalue weighted by molar-refractivity contribution is 6.30. The Hall–Kier alpha value is -1.34. The van der Waals surface area contributed by atoms with Gasteiger partial charge in [-0.25, -0.2) is 4.39 Å². The zero-order valence-corrected chi connectivity index (χ0v) is 24.1. The molecule has 0 aliphatic heterocycles. The summed E-state index contributed by atoms with van der Waals surface area (Å²) in [4.78, 5) is 0. The van der Waals surface area contributed by atoms with E-state index in [1.807, 2.05) is 6.07 Å². The molecule has 2 aromatic rings. The molecule has 2 saturated carbocycles. The topological polar surface area (TPSA) is 0 Å². The molecular formula is C35H50ClF. The number of hydrogen-bond donors (Lipinski definition) is 0. The van der Waals surface area contributed by atoms with Crippen LogP contribution in [0.2, 0.25) is 5.02 Å². The highest BCUT2D eigenvalue weighted by Crippen LogP contribution is 2.40. The average molecular weight is 525 g/mol. The van der Waals surface area contributed by atoms with E-state index in [0.717, 1.165) is 42.1 Å². The van der Waals surface area contributed by atoms with E-state index < -0.39 is 0 Å². The fourth-order valence-corrected chi connectivity index (χ4v) is 7.16. The van der Waals surface area contributed by atoms with Gasteiger partial charge < -0.3 is 0 Å². The van der Waals surface area contributed by atoms with Gasteiger partial charge in [-0.3, -0.25) is 0 Å². The highest BCUT2D eigenvalue weighted by Gasteiger charge is 2.25. The van der Waals surface area contributed by atoms with Crippen LogP contribution in [0, 0.1) is 23.6 Å². The number of hydrogen-bond acceptors (Lipinski definition) is 0. The van der Waals surface area contributed by atoms with Crippen LogP contribution in [0.1, 0.15) is 132 Å². The first-order chi connectivity index (χ1) is 18.1. The summed E-state index contributed by atoms with van der Waals surface area (Å²) in [6.45, 7) is 2.31. The molecule has 204 valence electrons. The minimum absolute atomic E-state index is 0.203. The van der Waals surface area contributed by atoms with Gasteiger partial charge in [-0.1, -0.05) is 126 Å². The Bertz CT molecular complexity index is 903. The summed E-state index contributed by atoms with van der Waals surface area (Å²) in [5, 5.41) is 0.203. The molecule has 0 heterocycles. The monoisotopic (exact) mass is 524 g/mol. The first-order valence-electron chi connectivity index (χ1n) is 15.6. The molecule has 0 N–H and O–H groups in total. The third-order valence-electron chi connectivity index (χ3n) is 9.65. The van der Waals surface area contributed by atoms with E-state index in [4.69, 9.17) is 11.6 Å². The van der Waals surface area contributed by atoms with Crippen LogP contribution in [0.3, 0.4) is 0 Å². The number of unbranched alkanes of at least 4 members (excludes halogenated alkanes) is 4. The summed E-state index contributed by atoms with van der Waals surface area (Å²) in [6.07, 6.45) is 25.0. The zero-order chi connectivity index (χ0) is 25.9. The lowest BCUT2D eigenvalue weighted by molar-refractivity contribution is 0.222. The van der Waals surface area contributed by atoms with Crippen LogP contribution in [-0.4, -0.2) is 0 Å². The lowest BCUT2D eigenvalue weighted by Crippen LogP contribution is -2.18. The van der Waals surface area contributed by atoms with Crippen LogP contribution in [0.15, 0.2) is 42.5 Å². The number of aryl methyl sites for hydroxylation is 2. The van der Waals surface area contributed by atoms with Crippen molar-refractivity contribution in [3.63, 3.8) is 0 Å². The maximum atomic E-state index is 13.7. The van der Waals surface area contributed by atoms with Gasteiger partial charge in [-0.15, -0.1) is 0 Å². The Morgan fingerprint density at radius 1 is 0.649 bits per heavy atom. The lowest BCUT2D eigenvalue weighted by atomic mass is 9.74. The normalized spacial score (nSPS) is 24.3. The van der Waals surface area contributed by atoms with Crippen molar-refractivity contribution in [2.24, 2.45) is 17.8 Å². The van der Waals surface area contributed by atoms with Gasteiger partial charge in [0, 0.05) is 0 Å². The number of rotatable bonds is 13. The van der Waals surface area contributed by atoms with Gasteiger partial charge >= 0.3 is 0 Å². The van der Waals surface area contributed by atoms with E-state index >= 15 is 0 Å². The second-order valence-electron chi connectivity index (χ2n) is 12.4. The van der Waals surface area contributed by atoms with Crippen molar-refractivity contribution in [2.75, 3.05) is 0 Å². The average Bonchev–Trinajstić information content (AvgIpc) is 2.94. The first-order valence-corrected chi connectivity index (χ1v) is 16.0. The molecule has 0 radical (unpaired) electrons. The smallest absolute Gasteiger partial charge is 0.142 e. The van der Waals surface area contributed by atoms with Gasteiger partial charge in [0.25, 0.3) is 0 Å². The van der Waals surface area contributed by atoms with Gasteiger partial charge in [0.2, 0.25) is 0 Å². The third-order valence-corrected chi connectivity index (χ3v) is 9.96. The van der Waals surface area contributed by atoms with Crippen molar-refractivity contribution in [1.29, 1.82) is 0 Å². The second kappa shape index (κ2) is 15.3. The number of halogens is 2. The maximum absolute atomic E-state index is 13.7. The molecule has 0 bridgehead atoms. The Morgan fingerprint density at radius 3 is 1.81 bits per heavy atom. The van der Waals surface area contributed by atoms with Crippen molar-refractivity contribution in [2.45, 2.75) is 128 Å². The van der Waals surface area contributed by atoms with Gasteiger partial charge in [-0.05, 0) is 91.0 Å². The van der Waals surface area contributed by atoms with Crippen LogP contribution < -0.4 is 0 Å². The molecular weight excluding hydrogens is 475 g/mol. The van der Waals surface area contributed by atoms with Gasteiger partial charge in [0.15, 0.2) is 0 Å². The van der Waals surface area contributed by atoms with E-state index in [0.29, 0.717) is 0 Å². The van der Waals surface area contributed by atoms with Crippen LogP contribution in [0.5, 0.6) is 0 Å². The first kappa shape index (κ1) is 28.7. The quantitative estimate of drug-likeness (QED) is 0.228. The van der Waals surface area contributed by atoms with Gasteiger partial charge in [-0.2, -0.15) is 0 Å². The summed E-state index contributed by atoms with van der Waals surface area (Å²) in [7, 11) is 0. The Balaban J connectivity index is 1.10. The molecule has 37 heavy (non-hydrogen) atoms. The standard InChI is InChI=1S/C35H50ClF/c1-2-3-4-5-6-7-27-8-10-28(11-9-27)12-13-29-16-21-32(22-17-29)33-23-18-30(19-24-33)14-15-31-20-25-34(36)35(37)26-31/h18-20,23-29,32H,2-17,21-22H2,1H3/t27-,28-,29?,32?. The van der Waals surface area contributed by atoms with Crippen LogP contribution in [0.25, 0.3) is 0 Å².